The van der Waals surface area contributed by atoms with Crippen LogP contribution in [0.25, 0.3) is 0 Å². The summed E-state index contributed by atoms with van der Waals surface area (Å²) in [7, 11) is 0. The zero-order valence-corrected chi connectivity index (χ0v) is 13.8. The first-order valence-electron chi connectivity index (χ1n) is 7.60. The van der Waals surface area contributed by atoms with Crippen molar-refractivity contribution in [3.63, 3.8) is 0 Å². The van der Waals surface area contributed by atoms with E-state index in [1.165, 1.54) is 0 Å². The molecule has 1 aromatic heterocycles. The molecular formula is C15H19N5O2S. The lowest BCUT2D eigenvalue weighted by Gasteiger charge is -2.35. The Hall–Kier alpha value is -2.22. The molecule has 0 aliphatic carbocycles. The van der Waals surface area contributed by atoms with Gasteiger partial charge in [0.2, 0.25) is 5.91 Å². The summed E-state index contributed by atoms with van der Waals surface area (Å²) in [5.41, 5.74) is 4.56. The van der Waals surface area contributed by atoms with Crippen LogP contribution in [0.4, 0.5) is 0 Å². The number of hydrogen-bond donors (Lipinski definition) is 1. The van der Waals surface area contributed by atoms with Crippen molar-refractivity contribution in [3.8, 4) is 5.75 Å². The van der Waals surface area contributed by atoms with Crippen molar-refractivity contribution in [1.82, 2.24) is 20.2 Å². The molecule has 3 heterocycles. The van der Waals surface area contributed by atoms with Gasteiger partial charge >= 0.3 is 0 Å². The maximum Gasteiger partial charge on any atom is 0.219 e. The van der Waals surface area contributed by atoms with Gasteiger partial charge in [-0.2, -0.15) is 5.10 Å². The largest absolute Gasteiger partial charge is 0.491 e. The van der Waals surface area contributed by atoms with Crippen LogP contribution in [-0.4, -0.2) is 64.3 Å². The Balaban J connectivity index is 1.61. The van der Waals surface area contributed by atoms with Crippen molar-refractivity contribution in [2.75, 3.05) is 32.8 Å². The first kappa shape index (κ1) is 15.7. The van der Waals surface area contributed by atoms with Gasteiger partial charge in [-0.15, -0.1) is 0 Å². The molecule has 1 amide bonds. The number of ether oxygens (including phenoxy) is 1. The third kappa shape index (κ3) is 3.58. The maximum absolute atomic E-state index is 11.3. The number of amides is 1. The summed E-state index contributed by atoms with van der Waals surface area (Å²) in [5, 5.41) is 4.99. The number of nitrogens with one attached hydrogen (secondary N) is 1. The van der Waals surface area contributed by atoms with Gasteiger partial charge in [0.1, 0.15) is 11.4 Å². The SMILES string of the molecule is CC(=O)N1CCN(C(=S)N/N=C2/CCOc3cccnc32)CC1. The van der Waals surface area contributed by atoms with Crippen molar-refractivity contribution < 1.29 is 9.53 Å². The number of hydrazone groups is 1. The van der Waals surface area contributed by atoms with E-state index in [2.05, 4.69) is 15.5 Å². The molecule has 1 saturated heterocycles. The van der Waals surface area contributed by atoms with E-state index in [1.807, 2.05) is 21.9 Å². The summed E-state index contributed by atoms with van der Waals surface area (Å²) in [5.74, 6) is 0.856. The Bertz CT molecular complexity index is 641. The molecule has 0 atom stereocenters. The summed E-state index contributed by atoms with van der Waals surface area (Å²) >= 11 is 5.40. The standard InChI is InChI=1S/C15H19N5O2S/c1-11(21)19-6-8-20(9-7-19)15(23)18-17-12-4-10-22-13-3-2-5-16-14(12)13/h2-3,5H,4,6-10H2,1H3,(H,18,23)/b17-12-. The van der Waals surface area contributed by atoms with Gasteiger partial charge < -0.3 is 14.5 Å². The highest BCUT2D eigenvalue weighted by molar-refractivity contribution is 7.80. The van der Waals surface area contributed by atoms with E-state index >= 15 is 0 Å². The molecule has 0 aromatic carbocycles. The minimum Gasteiger partial charge on any atom is -0.491 e. The average molecular weight is 333 g/mol. The summed E-state index contributed by atoms with van der Waals surface area (Å²) in [6.45, 7) is 4.98. The monoisotopic (exact) mass is 333 g/mol. The van der Waals surface area contributed by atoms with Crippen LogP contribution in [0.1, 0.15) is 19.0 Å². The topological polar surface area (TPSA) is 70.1 Å². The van der Waals surface area contributed by atoms with Gasteiger partial charge in [-0.25, -0.2) is 0 Å². The molecule has 0 bridgehead atoms. The second kappa shape index (κ2) is 6.91. The lowest BCUT2D eigenvalue weighted by Crippen LogP contribution is -2.52. The van der Waals surface area contributed by atoms with Crippen LogP contribution < -0.4 is 10.2 Å². The van der Waals surface area contributed by atoms with Crippen LogP contribution in [-0.2, 0) is 4.79 Å². The van der Waals surface area contributed by atoms with Crippen LogP contribution in [0, 0.1) is 0 Å². The third-order valence-corrected chi connectivity index (χ3v) is 4.29. The number of piperazine rings is 1. The van der Waals surface area contributed by atoms with E-state index in [1.54, 1.807) is 13.1 Å². The van der Waals surface area contributed by atoms with Crippen LogP contribution in [0.2, 0.25) is 0 Å². The van der Waals surface area contributed by atoms with Gasteiger partial charge in [-0.05, 0) is 24.4 Å². The van der Waals surface area contributed by atoms with E-state index in [0.717, 1.165) is 17.2 Å². The molecule has 1 aromatic rings. The molecule has 8 heteroatoms. The molecule has 2 aliphatic rings. The fraction of sp³-hybridized carbons (Fsp3) is 0.467. The molecule has 23 heavy (non-hydrogen) atoms. The van der Waals surface area contributed by atoms with Gasteiger partial charge in [0, 0.05) is 45.7 Å². The summed E-state index contributed by atoms with van der Waals surface area (Å²) in [6, 6.07) is 3.73. The highest BCUT2D eigenvalue weighted by atomic mass is 32.1. The predicted octanol–water partition coefficient (Wildman–Crippen LogP) is 0.607. The molecule has 1 fully saturated rings. The molecule has 7 nitrogen and oxygen atoms in total. The zero-order chi connectivity index (χ0) is 16.2. The van der Waals surface area contributed by atoms with Crippen LogP contribution >= 0.6 is 12.2 Å². The minimum absolute atomic E-state index is 0.105. The van der Waals surface area contributed by atoms with Gasteiger partial charge in [0.25, 0.3) is 0 Å². The Kier molecular flexibility index (Phi) is 4.71. The van der Waals surface area contributed by atoms with Gasteiger partial charge in [-0.3, -0.25) is 15.2 Å². The molecule has 3 rings (SSSR count). The first-order chi connectivity index (χ1) is 11.1. The molecular weight excluding hydrogens is 314 g/mol. The van der Waals surface area contributed by atoms with Crippen molar-refractivity contribution in [2.45, 2.75) is 13.3 Å². The zero-order valence-electron chi connectivity index (χ0n) is 13.0. The number of carbonyl (C=O) groups excluding carboxylic acids is 1. The highest BCUT2D eigenvalue weighted by Crippen LogP contribution is 2.21. The van der Waals surface area contributed by atoms with Crippen molar-refractivity contribution in [2.24, 2.45) is 5.10 Å². The number of pyridine rings is 1. The third-order valence-electron chi connectivity index (χ3n) is 3.94. The molecule has 2 aliphatic heterocycles. The molecule has 0 radical (unpaired) electrons. The quantitative estimate of drug-likeness (QED) is 0.600. The Morgan fingerprint density at radius 3 is 2.83 bits per heavy atom. The van der Waals surface area contributed by atoms with Gasteiger partial charge in [-0.1, -0.05) is 0 Å². The van der Waals surface area contributed by atoms with Gasteiger partial charge in [0.05, 0.1) is 12.3 Å². The van der Waals surface area contributed by atoms with E-state index in [0.29, 0.717) is 44.3 Å². The van der Waals surface area contributed by atoms with E-state index < -0.39 is 0 Å². The van der Waals surface area contributed by atoms with Crippen molar-refractivity contribution in [3.05, 3.63) is 24.0 Å². The first-order valence-corrected chi connectivity index (χ1v) is 8.01. The van der Waals surface area contributed by atoms with Crippen LogP contribution in [0.15, 0.2) is 23.4 Å². The number of thiocarbonyl (C=S) groups is 1. The number of nitrogens with zero attached hydrogens (tertiary/aromatic N) is 4. The summed E-state index contributed by atoms with van der Waals surface area (Å²) in [6.07, 6.45) is 2.42. The Morgan fingerprint density at radius 1 is 1.35 bits per heavy atom. The maximum atomic E-state index is 11.3. The van der Waals surface area contributed by atoms with Crippen LogP contribution in [0.5, 0.6) is 5.75 Å². The summed E-state index contributed by atoms with van der Waals surface area (Å²) in [4.78, 5) is 19.5. The van der Waals surface area contributed by atoms with E-state index in [9.17, 15) is 4.79 Å². The van der Waals surface area contributed by atoms with E-state index in [-0.39, 0.29) is 5.91 Å². The number of carbonyl (C=O) groups is 1. The van der Waals surface area contributed by atoms with Crippen molar-refractivity contribution >= 4 is 28.9 Å². The normalized spacial score (nSPS) is 19.1. The fourth-order valence-electron chi connectivity index (χ4n) is 2.62. The second-order valence-corrected chi connectivity index (χ2v) is 5.80. The number of hydrogen-bond acceptors (Lipinski definition) is 5. The Morgan fingerprint density at radius 2 is 2.09 bits per heavy atom. The second-order valence-electron chi connectivity index (χ2n) is 5.42. The van der Waals surface area contributed by atoms with E-state index in [4.69, 9.17) is 17.0 Å². The molecule has 122 valence electrons. The highest BCUT2D eigenvalue weighted by Gasteiger charge is 2.21. The summed E-state index contributed by atoms with van der Waals surface area (Å²) < 4.78 is 5.56. The lowest BCUT2D eigenvalue weighted by atomic mass is 10.1. The minimum atomic E-state index is 0.105. The molecule has 0 unspecified atom stereocenters. The Labute approximate surface area is 140 Å². The molecule has 0 spiro atoms. The number of fused-ring (bicyclic) bond motifs is 1. The van der Waals surface area contributed by atoms with Gasteiger partial charge in [0.15, 0.2) is 5.11 Å². The smallest absolute Gasteiger partial charge is 0.219 e. The number of rotatable bonds is 1. The number of aromatic nitrogens is 1. The molecule has 1 N–H and O–H groups in total. The predicted molar refractivity (Wildman–Crippen MR) is 90.4 cm³/mol. The lowest BCUT2D eigenvalue weighted by molar-refractivity contribution is -0.130. The van der Waals surface area contributed by atoms with Crippen molar-refractivity contribution in [1.29, 1.82) is 0 Å². The fourth-order valence-corrected chi connectivity index (χ4v) is 2.85. The average Bonchev–Trinajstić information content (AvgIpc) is 2.59. The molecule has 0 saturated carbocycles. The van der Waals surface area contributed by atoms with Crippen LogP contribution in [0.3, 0.4) is 0 Å².